The Labute approximate surface area is 125 Å². The van der Waals surface area contributed by atoms with Crippen LogP contribution in [0, 0.1) is 0 Å². The molecule has 0 atom stereocenters. The summed E-state index contributed by atoms with van der Waals surface area (Å²) >= 11 is 1.47. The van der Waals surface area contributed by atoms with E-state index in [1.807, 2.05) is 6.92 Å². The number of ether oxygens (including phenoxy) is 1. The third kappa shape index (κ3) is 4.32. The van der Waals surface area contributed by atoms with Gasteiger partial charge in [0.25, 0.3) is 5.91 Å². The van der Waals surface area contributed by atoms with Gasteiger partial charge >= 0.3 is 5.97 Å². The molecule has 8 heteroatoms. The predicted octanol–water partition coefficient (Wildman–Crippen LogP) is 2.09. The van der Waals surface area contributed by atoms with Crippen LogP contribution in [0.4, 0.5) is 5.95 Å². The average molecular weight is 306 g/mol. The van der Waals surface area contributed by atoms with E-state index >= 15 is 0 Å². The molecule has 0 fully saturated rings. The number of thioether (sulfide) groups is 1. The number of hydrogen-bond donors (Lipinski definition) is 2. The molecule has 1 aromatic heterocycles. The van der Waals surface area contributed by atoms with Crippen LogP contribution in [0.25, 0.3) is 0 Å². The normalized spacial score (nSPS) is 10.2. The van der Waals surface area contributed by atoms with E-state index in [9.17, 15) is 9.59 Å². The first-order valence-electron chi connectivity index (χ1n) is 6.23. The minimum Gasteiger partial charge on any atom is -0.427 e. The fourth-order valence-electron chi connectivity index (χ4n) is 1.52. The summed E-state index contributed by atoms with van der Waals surface area (Å²) in [6.45, 7) is 3.31. The number of aromatic amines is 1. The number of carbonyl (C=O) groups is 2. The largest absolute Gasteiger partial charge is 0.427 e. The molecule has 0 aliphatic heterocycles. The molecule has 110 valence electrons. The number of rotatable bonds is 5. The fourth-order valence-corrected chi connectivity index (χ4v) is 2.04. The maximum atomic E-state index is 12.0. The molecule has 21 heavy (non-hydrogen) atoms. The monoisotopic (exact) mass is 306 g/mol. The van der Waals surface area contributed by atoms with Crippen molar-refractivity contribution in [3.05, 3.63) is 29.8 Å². The lowest BCUT2D eigenvalue weighted by Crippen LogP contribution is -2.13. The Kier molecular flexibility index (Phi) is 4.94. The molecule has 0 aliphatic carbocycles. The van der Waals surface area contributed by atoms with Crippen molar-refractivity contribution >= 4 is 29.6 Å². The van der Waals surface area contributed by atoms with Crippen LogP contribution in [0.1, 0.15) is 24.2 Å². The second kappa shape index (κ2) is 6.89. The highest BCUT2D eigenvalue weighted by molar-refractivity contribution is 7.99. The van der Waals surface area contributed by atoms with Gasteiger partial charge in [-0.05, 0) is 30.0 Å². The van der Waals surface area contributed by atoms with E-state index in [2.05, 4.69) is 20.5 Å². The Morgan fingerprint density at radius 3 is 2.67 bits per heavy atom. The number of benzene rings is 1. The predicted molar refractivity (Wildman–Crippen MR) is 78.5 cm³/mol. The second-order valence-corrected chi connectivity index (χ2v) is 5.20. The highest BCUT2D eigenvalue weighted by Crippen LogP contribution is 2.15. The number of nitrogens with one attached hydrogen (secondary N) is 2. The molecular weight excluding hydrogens is 292 g/mol. The Balaban J connectivity index is 2.00. The fraction of sp³-hybridized carbons (Fsp3) is 0.231. The minimum atomic E-state index is -0.408. The Morgan fingerprint density at radius 2 is 2.05 bits per heavy atom. The van der Waals surface area contributed by atoms with Crippen LogP contribution < -0.4 is 10.1 Å². The molecule has 2 rings (SSSR count). The standard InChI is InChI=1S/C13H14N4O3S/c1-3-21-13-15-12(16-17-13)14-11(19)9-4-6-10(7-5-9)20-8(2)18/h4-7H,3H2,1-2H3,(H2,14,15,16,17,19). The summed E-state index contributed by atoms with van der Waals surface area (Å²) in [5.74, 6) is 0.798. The lowest BCUT2D eigenvalue weighted by Gasteiger charge is -2.03. The van der Waals surface area contributed by atoms with Gasteiger partial charge in [0.2, 0.25) is 11.1 Å². The van der Waals surface area contributed by atoms with Crippen molar-refractivity contribution < 1.29 is 14.3 Å². The summed E-state index contributed by atoms with van der Waals surface area (Å²) in [5.41, 5.74) is 0.423. The first-order chi connectivity index (χ1) is 10.1. The number of hydrogen-bond acceptors (Lipinski definition) is 6. The zero-order chi connectivity index (χ0) is 15.2. The molecule has 7 nitrogen and oxygen atoms in total. The van der Waals surface area contributed by atoms with Crippen molar-refractivity contribution in [1.82, 2.24) is 15.2 Å². The molecule has 0 spiro atoms. The number of H-pyrrole nitrogens is 1. The van der Waals surface area contributed by atoms with Crippen molar-refractivity contribution in [1.29, 1.82) is 0 Å². The number of carbonyl (C=O) groups excluding carboxylic acids is 2. The topological polar surface area (TPSA) is 97.0 Å². The van der Waals surface area contributed by atoms with Crippen LogP contribution in [-0.2, 0) is 4.79 Å². The van der Waals surface area contributed by atoms with Gasteiger partial charge in [-0.3, -0.25) is 14.9 Å². The van der Waals surface area contributed by atoms with Crippen molar-refractivity contribution in [3.63, 3.8) is 0 Å². The van der Waals surface area contributed by atoms with Gasteiger partial charge in [0.05, 0.1) is 0 Å². The van der Waals surface area contributed by atoms with Gasteiger partial charge in [-0.25, -0.2) is 5.10 Å². The SMILES string of the molecule is CCSc1n[nH]c(NC(=O)c2ccc(OC(C)=O)cc2)n1. The van der Waals surface area contributed by atoms with Crippen LogP contribution in [0.2, 0.25) is 0 Å². The third-order valence-electron chi connectivity index (χ3n) is 2.35. The van der Waals surface area contributed by atoms with Gasteiger partial charge < -0.3 is 4.74 Å². The summed E-state index contributed by atoms with van der Waals surface area (Å²) < 4.78 is 4.90. The van der Waals surface area contributed by atoms with Crippen molar-refractivity contribution in [2.45, 2.75) is 19.0 Å². The van der Waals surface area contributed by atoms with Gasteiger partial charge in [0.15, 0.2) is 0 Å². The molecule has 0 unspecified atom stereocenters. The van der Waals surface area contributed by atoms with Crippen LogP contribution in [0.5, 0.6) is 5.75 Å². The van der Waals surface area contributed by atoms with E-state index in [1.165, 1.54) is 18.7 Å². The second-order valence-electron chi connectivity index (χ2n) is 3.97. The minimum absolute atomic E-state index is 0.292. The third-order valence-corrected chi connectivity index (χ3v) is 3.08. The summed E-state index contributed by atoms with van der Waals surface area (Å²) in [6.07, 6.45) is 0. The first-order valence-corrected chi connectivity index (χ1v) is 7.22. The Hall–Kier alpha value is -2.35. The van der Waals surface area contributed by atoms with E-state index in [0.717, 1.165) is 5.75 Å². The molecule has 0 aliphatic rings. The van der Waals surface area contributed by atoms with Crippen LogP contribution >= 0.6 is 11.8 Å². The van der Waals surface area contributed by atoms with Crippen LogP contribution in [-0.4, -0.2) is 32.8 Å². The maximum absolute atomic E-state index is 12.0. The number of aromatic nitrogens is 3. The number of esters is 1. The summed E-state index contributed by atoms with van der Waals surface area (Å²) in [5, 5.41) is 9.79. The number of anilines is 1. The highest BCUT2D eigenvalue weighted by atomic mass is 32.2. The first kappa shape index (κ1) is 15.0. The van der Waals surface area contributed by atoms with Crippen molar-refractivity contribution in [3.8, 4) is 5.75 Å². The Bertz CT molecular complexity index is 639. The van der Waals surface area contributed by atoms with E-state index in [0.29, 0.717) is 22.4 Å². The van der Waals surface area contributed by atoms with Gasteiger partial charge in [-0.2, -0.15) is 4.98 Å². The lowest BCUT2D eigenvalue weighted by molar-refractivity contribution is -0.131. The molecule has 0 bridgehead atoms. The van der Waals surface area contributed by atoms with Crippen molar-refractivity contribution in [2.75, 3.05) is 11.1 Å². The Morgan fingerprint density at radius 1 is 1.33 bits per heavy atom. The van der Waals surface area contributed by atoms with Crippen LogP contribution in [0.15, 0.2) is 29.4 Å². The van der Waals surface area contributed by atoms with E-state index in [-0.39, 0.29) is 5.91 Å². The maximum Gasteiger partial charge on any atom is 0.308 e. The van der Waals surface area contributed by atoms with Gasteiger partial charge in [0.1, 0.15) is 5.75 Å². The number of nitrogens with zero attached hydrogens (tertiary/aromatic N) is 2. The molecule has 0 radical (unpaired) electrons. The number of amides is 1. The quantitative estimate of drug-likeness (QED) is 0.499. The average Bonchev–Trinajstić information content (AvgIpc) is 2.86. The molecular formula is C13H14N4O3S. The van der Waals surface area contributed by atoms with Gasteiger partial charge in [0, 0.05) is 12.5 Å². The lowest BCUT2D eigenvalue weighted by atomic mass is 10.2. The summed E-state index contributed by atoms with van der Waals surface area (Å²) in [4.78, 5) is 26.9. The molecule has 2 N–H and O–H groups in total. The van der Waals surface area contributed by atoms with E-state index < -0.39 is 5.97 Å². The molecule has 0 saturated heterocycles. The highest BCUT2D eigenvalue weighted by Gasteiger charge is 2.10. The molecule has 1 aromatic carbocycles. The van der Waals surface area contributed by atoms with Gasteiger partial charge in [-0.1, -0.05) is 18.7 Å². The van der Waals surface area contributed by atoms with Crippen LogP contribution in [0.3, 0.4) is 0 Å². The molecule has 2 aromatic rings. The molecule has 1 amide bonds. The zero-order valence-electron chi connectivity index (χ0n) is 11.5. The summed E-state index contributed by atoms with van der Waals surface area (Å²) in [6, 6.07) is 6.22. The molecule has 1 heterocycles. The smallest absolute Gasteiger partial charge is 0.308 e. The van der Waals surface area contributed by atoms with Crippen molar-refractivity contribution in [2.24, 2.45) is 0 Å². The zero-order valence-corrected chi connectivity index (χ0v) is 12.4. The molecule has 0 saturated carbocycles. The summed E-state index contributed by atoms with van der Waals surface area (Å²) in [7, 11) is 0. The van der Waals surface area contributed by atoms with E-state index in [4.69, 9.17) is 4.74 Å². The van der Waals surface area contributed by atoms with E-state index in [1.54, 1.807) is 24.3 Å². The van der Waals surface area contributed by atoms with Gasteiger partial charge in [-0.15, -0.1) is 5.10 Å².